The summed E-state index contributed by atoms with van der Waals surface area (Å²) >= 11 is 0. The van der Waals surface area contributed by atoms with Crippen molar-refractivity contribution in [1.82, 2.24) is 10.2 Å². The first-order valence-electron chi connectivity index (χ1n) is 8.62. The molecule has 1 saturated heterocycles. The Kier molecular flexibility index (Phi) is 5.88. The maximum absolute atomic E-state index is 12.0. The molecule has 0 bridgehead atoms. The highest BCUT2D eigenvalue weighted by Crippen LogP contribution is 2.27. The van der Waals surface area contributed by atoms with Crippen LogP contribution in [0.3, 0.4) is 0 Å². The maximum Gasteiger partial charge on any atom is 0.225 e. The number of carbonyl (C=O) groups excluding carboxylic acids is 1. The number of amides is 1. The lowest BCUT2D eigenvalue weighted by Gasteiger charge is -2.37. The van der Waals surface area contributed by atoms with Gasteiger partial charge in [-0.15, -0.1) is 0 Å². The lowest BCUT2D eigenvalue weighted by Crippen LogP contribution is -2.49. The molecule has 1 saturated carbocycles. The number of rotatable bonds is 4. The standard InChI is InChI=1S/C17H32N2O/c1-13(2)17(20)19-11-9-16(10-12-19)18-14(3)15-7-5-4-6-8-15/h13-16,18H,4-12H2,1-3H3. The van der Waals surface area contributed by atoms with E-state index < -0.39 is 0 Å². The lowest BCUT2D eigenvalue weighted by atomic mass is 9.84. The van der Waals surface area contributed by atoms with Crippen LogP contribution < -0.4 is 5.32 Å². The van der Waals surface area contributed by atoms with Gasteiger partial charge < -0.3 is 10.2 Å². The third kappa shape index (κ3) is 4.21. The van der Waals surface area contributed by atoms with Crippen LogP contribution in [0, 0.1) is 11.8 Å². The van der Waals surface area contributed by atoms with Crippen molar-refractivity contribution in [2.45, 2.75) is 77.8 Å². The van der Waals surface area contributed by atoms with Crippen molar-refractivity contribution < 1.29 is 4.79 Å². The summed E-state index contributed by atoms with van der Waals surface area (Å²) in [5, 5.41) is 3.84. The zero-order valence-electron chi connectivity index (χ0n) is 13.5. The van der Waals surface area contributed by atoms with E-state index in [4.69, 9.17) is 0 Å². The van der Waals surface area contributed by atoms with Gasteiger partial charge >= 0.3 is 0 Å². The van der Waals surface area contributed by atoms with Gasteiger partial charge in [-0.25, -0.2) is 0 Å². The molecule has 20 heavy (non-hydrogen) atoms. The van der Waals surface area contributed by atoms with Crippen LogP contribution in [0.4, 0.5) is 0 Å². The quantitative estimate of drug-likeness (QED) is 0.857. The molecular weight excluding hydrogens is 248 g/mol. The van der Waals surface area contributed by atoms with Gasteiger partial charge in [0.2, 0.25) is 5.91 Å². The third-order valence-corrected chi connectivity index (χ3v) is 5.16. The largest absolute Gasteiger partial charge is 0.342 e. The van der Waals surface area contributed by atoms with Gasteiger partial charge in [-0.05, 0) is 38.5 Å². The van der Waals surface area contributed by atoms with Crippen LogP contribution in [0.5, 0.6) is 0 Å². The van der Waals surface area contributed by atoms with Crippen LogP contribution in [0.1, 0.15) is 65.7 Å². The maximum atomic E-state index is 12.0. The Balaban J connectivity index is 1.72. The minimum atomic E-state index is 0.140. The molecule has 1 unspecified atom stereocenters. The van der Waals surface area contributed by atoms with Crippen molar-refractivity contribution in [3.05, 3.63) is 0 Å². The van der Waals surface area contributed by atoms with Crippen molar-refractivity contribution >= 4 is 5.91 Å². The van der Waals surface area contributed by atoms with Gasteiger partial charge in [-0.2, -0.15) is 0 Å². The molecule has 0 aromatic rings. The van der Waals surface area contributed by atoms with Crippen LogP contribution in [0.15, 0.2) is 0 Å². The first-order valence-corrected chi connectivity index (χ1v) is 8.62. The molecule has 0 radical (unpaired) electrons. The van der Waals surface area contributed by atoms with E-state index in [1.165, 1.54) is 32.1 Å². The Labute approximate surface area is 124 Å². The summed E-state index contributed by atoms with van der Waals surface area (Å²) in [6, 6.07) is 1.26. The number of hydrogen-bond acceptors (Lipinski definition) is 2. The number of nitrogens with zero attached hydrogens (tertiary/aromatic N) is 1. The van der Waals surface area contributed by atoms with Gasteiger partial charge in [-0.3, -0.25) is 4.79 Å². The molecule has 3 heteroatoms. The molecule has 2 aliphatic rings. The predicted octanol–water partition coefficient (Wildman–Crippen LogP) is 3.19. The normalized spacial score (nSPS) is 24.1. The monoisotopic (exact) mass is 280 g/mol. The number of piperidine rings is 1. The van der Waals surface area contributed by atoms with E-state index in [2.05, 4.69) is 12.2 Å². The highest BCUT2D eigenvalue weighted by Gasteiger charge is 2.27. The van der Waals surface area contributed by atoms with E-state index in [9.17, 15) is 4.79 Å². The molecule has 3 nitrogen and oxygen atoms in total. The second-order valence-electron chi connectivity index (χ2n) is 7.11. The number of likely N-dealkylation sites (tertiary alicyclic amines) is 1. The zero-order chi connectivity index (χ0) is 14.5. The summed E-state index contributed by atoms with van der Waals surface area (Å²) in [6.07, 6.45) is 9.30. The fourth-order valence-corrected chi connectivity index (χ4v) is 3.77. The van der Waals surface area contributed by atoms with E-state index in [1.807, 2.05) is 18.7 Å². The first kappa shape index (κ1) is 15.8. The molecule has 1 N–H and O–H groups in total. The lowest BCUT2D eigenvalue weighted by molar-refractivity contribution is -0.135. The Bertz CT molecular complexity index is 302. The molecular formula is C17H32N2O. The van der Waals surface area contributed by atoms with Crippen molar-refractivity contribution in [1.29, 1.82) is 0 Å². The summed E-state index contributed by atoms with van der Waals surface area (Å²) in [5.41, 5.74) is 0. The van der Waals surface area contributed by atoms with Crippen molar-refractivity contribution in [2.75, 3.05) is 13.1 Å². The van der Waals surface area contributed by atoms with Crippen LogP contribution in [-0.2, 0) is 4.79 Å². The van der Waals surface area contributed by atoms with Crippen LogP contribution in [0.25, 0.3) is 0 Å². The predicted molar refractivity (Wildman–Crippen MR) is 83.6 cm³/mol. The van der Waals surface area contributed by atoms with Gasteiger partial charge in [0.25, 0.3) is 0 Å². The smallest absolute Gasteiger partial charge is 0.225 e. The van der Waals surface area contributed by atoms with Crippen LogP contribution in [-0.4, -0.2) is 36.0 Å². The van der Waals surface area contributed by atoms with E-state index in [-0.39, 0.29) is 5.92 Å². The Morgan fingerprint density at radius 1 is 1.00 bits per heavy atom. The van der Waals surface area contributed by atoms with E-state index in [1.54, 1.807) is 0 Å². The summed E-state index contributed by atoms with van der Waals surface area (Å²) in [6.45, 7) is 8.23. The van der Waals surface area contributed by atoms with Crippen LogP contribution in [0.2, 0.25) is 0 Å². The van der Waals surface area contributed by atoms with Crippen molar-refractivity contribution in [3.8, 4) is 0 Å². The number of nitrogens with one attached hydrogen (secondary N) is 1. The number of hydrogen-bond donors (Lipinski definition) is 1. The second kappa shape index (κ2) is 7.44. The van der Waals surface area contributed by atoms with Crippen molar-refractivity contribution in [3.63, 3.8) is 0 Å². The molecule has 2 fully saturated rings. The molecule has 2 rings (SSSR count). The summed E-state index contributed by atoms with van der Waals surface area (Å²) in [4.78, 5) is 14.0. The average Bonchev–Trinajstić information content (AvgIpc) is 2.48. The molecule has 0 spiro atoms. The van der Waals surface area contributed by atoms with Gasteiger partial charge in [-0.1, -0.05) is 33.1 Å². The first-order chi connectivity index (χ1) is 9.58. The van der Waals surface area contributed by atoms with Gasteiger partial charge in [0.1, 0.15) is 0 Å². The third-order valence-electron chi connectivity index (χ3n) is 5.16. The molecule has 1 aliphatic heterocycles. The SMILES string of the molecule is CC(C)C(=O)N1CCC(NC(C)C2CCCCC2)CC1. The summed E-state index contributed by atoms with van der Waals surface area (Å²) < 4.78 is 0. The highest BCUT2D eigenvalue weighted by atomic mass is 16.2. The minimum Gasteiger partial charge on any atom is -0.342 e. The summed E-state index contributed by atoms with van der Waals surface area (Å²) in [5.74, 6) is 1.34. The summed E-state index contributed by atoms with van der Waals surface area (Å²) in [7, 11) is 0. The highest BCUT2D eigenvalue weighted by molar-refractivity contribution is 5.78. The number of carbonyl (C=O) groups is 1. The van der Waals surface area contributed by atoms with Crippen molar-refractivity contribution in [2.24, 2.45) is 11.8 Å². The zero-order valence-corrected chi connectivity index (χ0v) is 13.5. The Morgan fingerprint density at radius 3 is 2.15 bits per heavy atom. The molecule has 1 aliphatic carbocycles. The molecule has 1 atom stereocenters. The molecule has 1 amide bonds. The van der Waals surface area contributed by atoms with Gasteiger partial charge in [0, 0.05) is 31.1 Å². The molecule has 0 aromatic carbocycles. The second-order valence-corrected chi connectivity index (χ2v) is 7.11. The Morgan fingerprint density at radius 2 is 1.60 bits per heavy atom. The fourth-order valence-electron chi connectivity index (χ4n) is 3.77. The topological polar surface area (TPSA) is 32.3 Å². The van der Waals surface area contributed by atoms with E-state index in [0.717, 1.165) is 31.8 Å². The van der Waals surface area contributed by atoms with E-state index in [0.29, 0.717) is 18.0 Å². The molecule has 0 aromatic heterocycles. The molecule has 1 heterocycles. The van der Waals surface area contributed by atoms with E-state index >= 15 is 0 Å². The van der Waals surface area contributed by atoms with Gasteiger partial charge in [0.15, 0.2) is 0 Å². The van der Waals surface area contributed by atoms with Crippen LogP contribution >= 0.6 is 0 Å². The minimum absolute atomic E-state index is 0.140. The van der Waals surface area contributed by atoms with Gasteiger partial charge in [0.05, 0.1) is 0 Å². The fraction of sp³-hybridized carbons (Fsp3) is 0.941. The Hall–Kier alpha value is -0.570. The average molecular weight is 280 g/mol. The molecule has 116 valence electrons.